The van der Waals surface area contributed by atoms with Crippen molar-refractivity contribution in [3.05, 3.63) is 12.7 Å². The monoisotopic (exact) mass is 653 g/mol. The molecule has 0 heterocycles. The van der Waals surface area contributed by atoms with Crippen molar-refractivity contribution in [2.75, 3.05) is 26.2 Å². The van der Waals surface area contributed by atoms with Crippen LogP contribution in [0.15, 0.2) is 12.7 Å². The summed E-state index contributed by atoms with van der Waals surface area (Å²) < 4.78 is 0.261. The molecule has 0 radical (unpaired) electrons. The van der Waals surface area contributed by atoms with E-state index in [0.717, 1.165) is 19.3 Å². The molecule has 7 heteroatoms. The lowest BCUT2D eigenvalue weighted by atomic mass is 9.95. The van der Waals surface area contributed by atoms with E-state index in [4.69, 9.17) is 0 Å². The second-order valence-electron chi connectivity index (χ2n) is 14.1. The van der Waals surface area contributed by atoms with Gasteiger partial charge in [-0.2, -0.15) is 0 Å². The standard InChI is InChI=1S/C39H73NO6/c1-5-9-10-11-12-13-14-15-16-17-18-19-20-21-22-23-24-25-26-27-28-29-30-40(31-34(6-2)37(41)42,32-35(7-3)38(43)44)33-36(8-4)39(45)46/h5,34-36H,1,6-33H2,2-4H3,(H2-,41,42,43,44,45,46)/p+1. The van der Waals surface area contributed by atoms with Crippen LogP contribution in [0.2, 0.25) is 0 Å². The van der Waals surface area contributed by atoms with Crippen molar-refractivity contribution in [3.63, 3.8) is 0 Å². The van der Waals surface area contributed by atoms with E-state index in [9.17, 15) is 29.7 Å². The molecule has 0 aliphatic rings. The summed E-state index contributed by atoms with van der Waals surface area (Å²) in [6.45, 7) is 10.8. The van der Waals surface area contributed by atoms with Crippen molar-refractivity contribution in [2.24, 2.45) is 17.8 Å². The normalized spacial score (nSPS) is 14.8. The molecule has 7 nitrogen and oxygen atoms in total. The van der Waals surface area contributed by atoms with Crippen LogP contribution in [0.4, 0.5) is 0 Å². The van der Waals surface area contributed by atoms with Gasteiger partial charge >= 0.3 is 17.9 Å². The Kier molecular flexibility index (Phi) is 28.1. The Balaban J connectivity index is 4.38. The Morgan fingerprint density at radius 2 is 0.717 bits per heavy atom. The van der Waals surface area contributed by atoms with Crippen LogP contribution in [0, 0.1) is 17.8 Å². The summed E-state index contributed by atoms with van der Waals surface area (Å²) in [5.41, 5.74) is 0. The molecule has 0 aromatic carbocycles. The van der Waals surface area contributed by atoms with Gasteiger partial charge in [0.25, 0.3) is 0 Å². The molecule has 0 aliphatic carbocycles. The van der Waals surface area contributed by atoms with Gasteiger partial charge in [0.1, 0.15) is 17.8 Å². The molecule has 3 N–H and O–H groups in total. The number of unbranched alkanes of at least 4 members (excludes halogenated alkanes) is 20. The molecular formula is C39H74NO6+. The number of carboxylic acid groups (broad SMARTS) is 3. The van der Waals surface area contributed by atoms with Crippen molar-refractivity contribution in [3.8, 4) is 0 Å². The topological polar surface area (TPSA) is 112 Å². The molecule has 0 spiro atoms. The molecule has 3 unspecified atom stereocenters. The molecule has 0 bridgehead atoms. The van der Waals surface area contributed by atoms with Gasteiger partial charge in [-0.25, -0.2) is 0 Å². The molecular weight excluding hydrogens is 578 g/mol. The quantitative estimate of drug-likeness (QED) is 0.0357. The van der Waals surface area contributed by atoms with Crippen molar-refractivity contribution in [2.45, 2.75) is 175 Å². The number of nitrogens with zero attached hydrogens (tertiary/aromatic N) is 1. The zero-order valence-corrected chi connectivity index (χ0v) is 30.3. The van der Waals surface area contributed by atoms with E-state index in [1.165, 1.54) is 116 Å². The molecule has 0 fully saturated rings. The van der Waals surface area contributed by atoms with Crippen LogP contribution >= 0.6 is 0 Å². The number of rotatable bonds is 35. The molecule has 0 saturated carbocycles. The maximum atomic E-state index is 12.0. The first-order valence-electron chi connectivity index (χ1n) is 19.3. The summed E-state index contributed by atoms with van der Waals surface area (Å²) in [6.07, 6.45) is 30.4. The highest BCUT2D eigenvalue weighted by Gasteiger charge is 2.40. The van der Waals surface area contributed by atoms with E-state index in [0.29, 0.717) is 25.8 Å². The van der Waals surface area contributed by atoms with Crippen LogP contribution in [0.1, 0.15) is 175 Å². The zero-order valence-electron chi connectivity index (χ0n) is 30.3. The molecule has 0 aliphatic heterocycles. The lowest BCUT2D eigenvalue weighted by Crippen LogP contribution is -2.58. The first kappa shape index (κ1) is 44.1. The van der Waals surface area contributed by atoms with Crippen LogP contribution in [0.25, 0.3) is 0 Å². The van der Waals surface area contributed by atoms with Gasteiger partial charge in [-0.05, 0) is 44.9 Å². The predicted molar refractivity (Wildman–Crippen MR) is 191 cm³/mol. The van der Waals surface area contributed by atoms with Gasteiger partial charge in [0, 0.05) is 0 Å². The van der Waals surface area contributed by atoms with Gasteiger partial charge in [0.05, 0.1) is 26.2 Å². The number of carbonyl (C=O) groups is 3. The summed E-state index contributed by atoms with van der Waals surface area (Å²) in [4.78, 5) is 36.0. The number of hydrogen-bond acceptors (Lipinski definition) is 3. The number of aliphatic carboxylic acids is 3. The Labute approximate surface area is 283 Å². The first-order valence-corrected chi connectivity index (χ1v) is 19.3. The van der Waals surface area contributed by atoms with Gasteiger partial charge in [-0.15, -0.1) is 6.58 Å². The lowest BCUT2D eigenvalue weighted by Gasteiger charge is -2.43. The van der Waals surface area contributed by atoms with Gasteiger partial charge in [0.15, 0.2) is 0 Å². The minimum atomic E-state index is -0.885. The molecule has 0 saturated heterocycles. The Hall–Kier alpha value is -1.89. The maximum Gasteiger partial charge on any atom is 0.312 e. The second-order valence-corrected chi connectivity index (χ2v) is 14.1. The first-order chi connectivity index (χ1) is 22.2. The van der Waals surface area contributed by atoms with Gasteiger partial charge < -0.3 is 19.8 Å². The Bertz CT molecular complexity index is 725. The zero-order chi connectivity index (χ0) is 34.5. The van der Waals surface area contributed by atoms with Gasteiger partial charge in [-0.1, -0.05) is 136 Å². The van der Waals surface area contributed by atoms with E-state index in [2.05, 4.69) is 6.58 Å². The van der Waals surface area contributed by atoms with Gasteiger partial charge in [-0.3, -0.25) is 14.4 Å². The van der Waals surface area contributed by atoms with Crippen LogP contribution in [-0.2, 0) is 14.4 Å². The van der Waals surface area contributed by atoms with Crippen LogP contribution < -0.4 is 0 Å². The van der Waals surface area contributed by atoms with E-state index in [1.54, 1.807) is 0 Å². The second kappa shape index (κ2) is 29.3. The average Bonchev–Trinajstić information content (AvgIpc) is 3.03. The third kappa shape index (κ3) is 22.6. The van der Waals surface area contributed by atoms with E-state index in [1.807, 2.05) is 26.8 Å². The van der Waals surface area contributed by atoms with Crippen LogP contribution in [0.5, 0.6) is 0 Å². The summed E-state index contributed by atoms with van der Waals surface area (Å²) >= 11 is 0. The Morgan fingerprint density at radius 1 is 0.478 bits per heavy atom. The van der Waals surface area contributed by atoms with Crippen molar-refractivity contribution in [1.29, 1.82) is 0 Å². The lowest BCUT2D eigenvalue weighted by molar-refractivity contribution is -0.935. The van der Waals surface area contributed by atoms with Crippen LogP contribution in [-0.4, -0.2) is 63.9 Å². The van der Waals surface area contributed by atoms with E-state index >= 15 is 0 Å². The fraction of sp³-hybridized carbons (Fsp3) is 0.872. The third-order valence-corrected chi connectivity index (χ3v) is 10.1. The summed E-state index contributed by atoms with van der Waals surface area (Å²) in [6, 6.07) is 0. The minimum absolute atomic E-state index is 0.261. The number of quaternary nitrogens is 1. The number of allylic oxidation sites excluding steroid dienone is 1. The smallest absolute Gasteiger partial charge is 0.312 e. The van der Waals surface area contributed by atoms with E-state index < -0.39 is 35.7 Å². The van der Waals surface area contributed by atoms with Crippen molar-refractivity contribution in [1.82, 2.24) is 0 Å². The maximum absolute atomic E-state index is 12.0. The number of carboxylic acids is 3. The highest BCUT2D eigenvalue weighted by molar-refractivity contribution is 5.71. The van der Waals surface area contributed by atoms with Crippen LogP contribution in [0.3, 0.4) is 0 Å². The Morgan fingerprint density at radius 3 is 0.935 bits per heavy atom. The SMILES string of the molecule is C=CCCCCCCCCCCCCCCCCCCCCCC[N+](CC(CC)C(=O)O)(CC(CC)C(=O)O)CC(CC)C(=O)O. The predicted octanol–water partition coefficient (Wildman–Crippen LogP) is 10.5. The molecule has 270 valence electrons. The molecule has 0 amide bonds. The molecule has 0 aromatic heterocycles. The largest absolute Gasteiger partial charge is 0.481 e. The summed E-state index contributed by atoms with van der Waals surface area (Å²) in [5, 5.41) is 29.5. The fourth-order valence-electron chi connectivity index (χ4n) is 6.96. The molecule has 0 aromatic rings. The summed E-state index contributed by atoms with van der Waals surface area (Å²) in [5.74, 6) is -4.50. The fourth-order valence-corrected chi connectivity index (χ4v) is 6.96. The average molecular weight is 653 g/mol. The molecule has 46 heavy (non-hydrogen) atoms. The highest BCUT2D eigenvalue weighted by atomic mass is 16.4. The minimum Gasteiger partial charge on any atom is -0.481 e. The van der Waals surface area contributed by atoms with E-state index in [-0.39, 0.29) is 24.1 Å². The summed E-state index contributed by atoms with van der Waals surface area (Å²) in [7, 11) is 0. The molecule has 3 atom stereocenters. The highest BCUT2D eigenvalue weighted by Crippen LogP contribution is 2.25. The third-order valence-electron chi connectivity index (χ3n) is 10.1. The van der Waals surface area contributed by atoms with Crippen molar-refractivity contribution >= 4 is 17.9 Å². The molecule has 0 rings (SSSR count). The number of hydrogen-bond donors (Lipinski definition) is 3. The van der Waals surface area contributed by atoms with Gasteiger partial charge in [0.2, 0.25) is 0 Å². The van der Waals surface area contributed by atoms with Crippen molar-refractivity contribution < 1.29 is 34.2 Å².